The van der Waals surface area contributed by atoms with E-state index in [0.29, 0.717) is 17.2 Å². The number of anilines is 1. The molecule has 30 heavy (non-hydrogen) atoms. The summed E-state index contributed by atoms with van der Waals surface area (Å²) in [5.41, 5.74) is 2.36. The van der Waals surface area contributed by atoms with Gasteiger partial charge in [-0.1, -0.05) is 32.0 Å². The van der Waals surface area contributed by atoms with Crippen LogP contribution in [0.1, 0.15) is 44.1 Å². The van der Waals surface area contributed by atoms with E-state index < -0.39 is 5.97 Å². The van der Waals surface area contributed by atoms with Crippen LogP contribution in [-0.4, -0.2) is 33.2 Å². The molecule has 7 nitrogen and oxygen atoms in total. The van der Waals surface area contributed by atoms with E-state index in [4.69, 9.17) is 4.74 Å². The molecule has 2 heterocycles. The number of amides is 1. The molecule has 7 heteroatoms. The third-order valence-corrected chi connectivity index (χ3v) is 4.84. The van der Waals surface area contributed by atoms with Crippen molar-refractivity contribution in [2.45, 2.75) is 33.6 Å². The second-order valence-corrected chi connectivity index (χ2v) is 6.82. The Kier molecular flexibility index (Phi) is 6.95. The zero-order valence-corrected chi connectivity index (χ0v) is 17.5. The van der Waals surface area contributed by atoms with Crippen molar-refractivity contribution in [3.8, 4) is 17.1 Å². The highest BCUT2D eigenvalue weighted by molar-refractivity contribution is 5.93. The molecule has 0 aliphatic carbocycles. The maximum Gasteiger partial charge on any atom is 0.358 e. The summed E-state index contributed by atoms with van der Waals surface area (Å²) in [6.45, 7) is 6.03. The van der Waals surface area contributed by atoms with Gasteiger partial charge < -0.3 is 10.1 Å². The van der Waals surface area contributed by atoms with E-state index in [2.05, 4.69) is 15.4 Å². The van der Waals surface area contributed by atoms with Crippen LogP contribution in [0.4, 0.5) is 5.69 Å². The molecule has 1 aromatic carbocycles. The molecule has 0 atom stereocenters. The van der Waals surface area contributed by atoms with Crippen LogP contribution in [0.2, 0.25) is 0 Å². The summed E-state index contributed by atoms with van der Waals surface area (Å²) in [5.74, 6) is 0.0619. The highest BCUT2D eigenvalue weighted by Gasteiger charge is 2.19. The Labute approximate surface area is 176 Å². The number of carbonyl (C=O) groups excluding carboxylic acids is 2. The van der Waals surface area contributed by atoms with Gasteiger partial charge in [-0.05, 0) is 50.1 Å². The molecule has 0 bridgehead atoms. The zero-order valence-electron chi connectivity index (χ0n) is 17.5. The van der Waals surface area contributed by atoms with Crippen LogP contribution in [0.5, 0.6) is 0 Å². The summed E-state index contributed by atoms with van der Waals surface area (Å²) in [4.78, 5) is 29.1. The first-order chi connectivity index (χ1) is 14.6. The minimum Gasteiger partial charge on any atom is -0.461 e. The zero-order chi connectivity index (χ0) is 21.5. The highest BCUT2D eigenvalue weighted by atomic mass is 16.5. The Morgan fingerprint density at radius 1 is 1.07 bits per heavy atom. The van der Waals surface area contributed by atoms with Crippen LogP contribution in [0.3, 0.4) is 0 Å². The van der Waals surface area contributed by atoms with Gasteiger partial charge in [0.15, 0.2) is 11.5 Å². The van der Waals surface area contributed by atoms with E-state index in [1.807, 2.05) is 56.3 Å². The second-order valence-electron chi connectivity index (χ2n) is 6.82. The van der Waals surface area contributed by atoms with Gasteiger partial charge in [0.25, 0.3) is 0 Å². The van der Waals surface area contributed by atoms with Gasteiger partial charge in [0.1, 0.15) is 0 Å². The monoisotopic (exact) mass is 406 g/mol. The lowest BCUT2D eigenvalue weighted by Gasteiger charge is -2.13. The molecule has 3 rings (SSSR count). The van der Waals surface area contributed by atoms with Crippen molar-refractivity contribution >= 4 is 17.6 Å². The van der Waals surface area contributed by atoms with E-state index in [9.17, 15) is 9.59 Å². The highest BCUT2D eigenvalue weighted by Crippen LogP contribution is 2.26. The average Bonchev–Trinajstić information content (AvgIpc) is 3.21. The van der Waals surface area contributed by atoms with Crippen molar-refractivity contribution in [3.05, 3.63) is 60.4 Å². The molecule has 0 saturated heterocycles. The Morgan fingerprint density at radius 2 is 1.87 bits per heavy atom. The van der Waals surface area contributed by atoms with E-state index >= 15 is 0 Å². The Hall–Kier alpha value is -3.48. The van der Waals surface area contributed by atoms with Crippen molar-refractivity contribution in [2.24, 2.45) is 5.92 Å². The maximum atomic E-state index is 12.5. The average molecular weight is 406 g/mol. The van der Waals surface area contributed by atoms with Gasteiger partial charge in [-0.2, -0.15) is 5.10 Å². The van der Waals surface area contributed by atoms with Gasteiger partial charge in [-0.3, -0.25) is 4.79 Å². The number of benzene rings is 1. The number of ether oxygens (including phenoxy) is 1. The largest absolute Gasteiger partial charge is 0.461 e. The van der Waals surface area contributed by atoms with Crippen molar-refractivity contribution in [1.82, 2.24) is 14.8 Å². The minimum absolute atomic E-state index is 0.00240. The van der Waals surface area contributed by atoms with Crippen LogP contribution in [0.15, 0.2) is 54.7 Å². The second kappa shape index (κ2) is 9.82. The lowest BCUT2D eigenvalue weighted by Crippen LogP contribution is -2.21. The summed E-state index contributed by atoms with van der Waals surface area (Å²) < 4.78 is 6.71. The fourth-order valence-electron chi connectivity index (χ4n) is 3.21. The number of pyridine rings is 1. The van der Waals surface area contributed by atoms with Crippen molar-refractivity contribution < 1.29 is 14.3 Å². The SMILES string of the molecule is CCOC(=O)c1cc(-c2cccc(NC(=O)C(CC)CC)c2)n(-c2ccccn2)n1. The first kappa shape index (κ1) is 21.2. The number of rotatable bonds is 8. The summed E-state index contributed by atoms with van der Waals surface area (Å²) in [5, 5.41) is 7.40. The molecule has 0 saturated carbocycles. The smallest absolute Gasteiger partial charge is 0.358 e. The molecule has 0 unspecified atom stereocenters. The van der Waals surface area contributed by atoms with Gasteiger partial charge in [0, 0.05) is 23.4 Å². The lowest BCUT2D eigenvalue weighted by atomic mass is 10.0. The summed E-state index contributed by atoms with van der Waals surface area (Å²) >= 11 is 0. The summed E-state index contributed by atoms with van der Waals surface area (Å²) in [6.07, 6.45) is 3.24. The van der Waals surface area contributed by atoms with Crippen LogP contribution in [-0.2, 0) is 9.53 Å². The Morgan fingerprint density at radius 3 is 2.53 bits per heavy atom. The van der Waals surface area contributed by atoms with Gasteiger partial charge in [0.2, 0.25) is 5.91 Å². The Balaban J connectivity index is 2.00. The third-order valence-electron chi connectivity index (χ3n) is 4.84. The van der Waals surface area contributed by atoms with E-state index in [1.165, 1.54) is 0 Å². The number of carbonyl (C=O) groups is 2. The fraction of sp³-hybridized carbons (Fsp3) is 0.304. The van der Waals surface area contributed by atoms with Crippen molar-refractivity contribution in [1.29, 1.82) is 0 Å². The molecule has 0 aliphatic rings. The third kappa shape index (κ3) is 4.74. The quantitative estimate of drug-likeness (QED) is 0.557. The van der Waals surface area contributed by atoms with E-state index in [0.717, 1.165) is 18.4 Å². The molecular formula is C23H26N4O3. The van der Waals surface area contributed by atoms with Crippen LogP contribution in [0, 0.1) is 5.92 Å². The number of hydrogen-bond donors (Lipinski definition) is 1. The standard InChI is InChI=1S/C23H26N4O3/c1-4-16(5-2)22(28)25-18-11-9-10-17(14-18)20-15-19(23(29)30-6-3)26-27(20)21-12-7-8-13-24-21/h7-16H,4-6H2,1-3H3,(H,25,28). The summed E-state index contributed by atoms with van der Waals surface area (Å²) in [6, 6.07) is 14.6. The minimum atomic E-state index is -0.494. The predicted molar refractivity (Wildman–Crippen MR) is 115 cm³/mol. The molecular weight excluding hydrogens is 380 g/mol. The molecule has 0 radical (unpaired) electrons. The first-order valence-electron chi connectivity index (χ1n) is 10.2. The van der Waals surface area contributed by atoms with Gasteiger partial charge >= 0.3 is 5.97 Å². The Bertz CT molecular complexity index is 1010. The topological polar surface area (TPSA) is 86.1 Å². The first-order valence-corrected chi connectivity index (χ1v) is 10.2. The van der Waals surface area contributed by atoms with E-state index in [1.54, 1.807) is 23.9 Å². The number of hydrogen-bond acceptors (Lipinski definition) is 5. The number of aromatic nitrogens is 3. The normalized spacial score (nSPS) is 10.8. The van der Waals surface area contributed by atoms with Crippen LogP contribution < -0.4 is 5.32 Å². The fourth-order valence-corrected chi connectivity index (χ4v) is 3.21. The predicted octanol–water partition coefficient (Wildman–Crippen LogP) is 4.49. The van der Waals surface area contributed by atoms with E-state index in [-0.39, 0.29) is 24.1 Å². The molecule has 156 valence electrons. The van der Waals surface area contributed by atoms with Crippen LogP contribution in [0.25, 0.3) is 17.1 Å². The van der Waals surface area contributed by atoms with Gasteiger partial charge in [-0.15, -0.1) is 0 Å². The number of esters is 1. The van der Waals surface area contributed by atoms with Gasteiger partial charge in [-0.25, -0.2) is 14.5 Å². The molecule has 3 aromatic rings. The number of nitrogens with zero attached hydrogens (tertiary/aromatic N) is 3. The molecule has 0 spiro atoms. The number of nitrogens with one attached hydrogen (secondary N) is 1. The maximum absolute atomic E-state index is 12.5. The van der Waals surface area contributed by atoms with Crippen molar-refractivity contribution in [3.63, 3.8) is 0 Å². The molecule has 0 fully saturated rings. The van der Waals surface area contributed by atoms with Crippen LogP contribution >= 0.6 is 0 Å². The molecule has 0 aliphatic heterocycles. The lowest BCUT2D eigenvalue weighted by molar-refractivity contribution is -0.120. The molecule has 1 N–H and O–H groups in total. The van der Waals surface area contributed by atoms with Gasteiger partial charge in [0.05, 0.1) is 12.3 Å². The molecule has 2 aromatic heterocycles. The summed E-state index contributed by atoms with van der Waals surface area (Å²) in [7, 11) is 0. The van der Waals surface area contributed by atoms with Crippen molar-refractivity contribution in [2.75, 3.05) is 11.9 Å². The molecule has 1 amide bonds.